The van der Waals surface area contributed by atoms with E-state index in [0.717, 1.165) is 10.6 Å². The van der Waals surface area contributed by atoms with Gasteiger partial charge in [-0.15, -0.1) is 9.35 Å². The van der Waals surface area contributed by atoms with E-state index in [2.05, 4.69) is 8.47 Å². The lowest BCUT2D eigenvalue weighted by Gasteiger charge is -2.33. The molecule has 0 aromatic heterocycles. The highest BCUT2D eigenvalue weighted by molar-refractivity contribution is 7.82. The van der Waals surface area contributed by atoms with Gasteiger partial charge in [0.1, 0.15) is 0 Å². The Morgan fingerprint density at radius 3 is 2.94 bits per heavy atom. The zero-order valence-corrected chi connectivity index (χ0v) is 8.98. The summed E-state index contributed by atoms with van der Waals surface area (Å²) in [7, 11) is -4.15. The van der Waals surface area contributed by atoms with Crippen molar-refractivity contribution in [1.29, 1.82) is 0 Å². The van der Waals surface area contributed by atoms with E-state index in [1.165, 1.54) is 0 Å². The molecule has 0 aliphatic carbocycles. The quantitative estimate of drug-likeness (QED) is 0.683. The van der Waals surface area contributed by atoms with Gasteiger partial charge in [-0.3, -0.25) is 0 Å². The molecule has 3 rings (SSSR count). The van der Waals surface area contributed by atoms with E-state index in [1.807, 2.05) is 12.1 Å². The number of fused-ring (bicyclic) bond motifs is 3. The van der Waals surface area contributed by atoms with Gasteiger partial charge in [0.25, 0.3) is 5.91 Å². The summed E-state index contributed by atoms with van der Waals surface area (Å²) in [5.74, 6) is -2.02. The average Bonchev–Trinajstić information content (AvgIpc) is 2.47. The van der Waals surface area contributed by atoms with Crippen molar-refractivity contribution in [3.05, 3.63) is 35.4 Å². The average molecular weight is 243 g/mol. The topological polar surface area (TPSA) is 76.1 Å². The molecule has 86 valence electrons. The van der Waals surface area contributed by atoms with Crippen LogP contribution in [0.4, 0.5) is 0 Å². The Morgan fingerprint density at radius 2 is 2.12 bits per heavy atom. The van der Waals surface area contributed by atoms with Gasteiger partial charge in [-0.1, -0.05) is 24.3 Å². The number of aliphatic hydroxyl groups is 1. The van der Waals surface area contributed by atoms with E-state index >= 15 is 0 Å². The lowest BCUT2D eigenvalue weighted by molar-refractivity contribution is -0.301. The maximum absolute atomic E-state index is 11.2. The normalized spacial score (nSPS) is 32.1. The second-order valence-corrected chi connectivity index (χ2v) is 4.82. The van der Waals surface area contributed by atoms with Crippen LogP contribution >= 0.6 is 0 Å². The predicted molar refractivity (Wildman–Crippen MR) is 51.8 cm³/mol. The molecule has 0 saturated carbocycles. The molecule has 7 heteroatoms. The number of hydrogen-bond acceptors (Lipinski definition) is 6. The third-order valence-corrected chi connectivity index (χ3v) is 3.49. The van der Waals surface area contributed by atoms with Crippen LogP contribution in [0.3, 0.4) is 0 Å². The summed E-state index contributed by atoms with van der Waals surface area (Å²) in [5, 5.41) is 11.1. The highest BCUT2D eigenvalue weighted by Gasteiger charge is 2.55. The Labute approximate surface area is 92.3 Å². The van der Waals surface area contributed by atoms with Crippen LogP contribution in [0, 0.1) is 0 Å². The van der Waals surface area contributed by atoms with Gasteiger partial charge >= 0.3 is 10.4 Å². The summed E-state index contributed by atoms with van der Waals surface area (Å²) >= 11 is 0. The van der Waals surface area contributed by atoms with Gasteiger partial charge in [0.15, 0.2) is 0 Å². The number of hydrogen-bond donors (Lipinski definition) is 1. The van der Waals surface area contributed by atoms with Crippen molar-refractivity contribution in [2.75, 3.05) is 6.54 Å². The van der Waals surface area contributed by atoms with Crippen molar-refractivity contribution in [3.63, 3.8) is 0 Å². The van der Waals surface area contributed by atoms with E-state index in [-0.39, 0.29) is 6.54 Å². The van der Waals surface area contributed by atoms with Crippen LogP contribution in [-0.4, -0.2) is 25.1 Å². The summed E-state index contributed by atoms with van der Waals surface area (Å²) in [5.41, 5.74) is 1.25. The second-order valence-electron chi connectivity index (χ2n) is 3.68. The van der Waals surface area contributed by atoms with Crippen molar-refractivity contribution in [2.45, 2.75) is 12.3 Å². The summed E-state index contributed by atoms with van der Waals surface area (Å²) in [6.07, 6.45) is 0.595. The number of nitrogens with zero attached hydrogens (tertiary/aromatic N) is 1. The fourth-order valence-electron chi connectivity index (χ4n) is 2.01. The van der Waals surface area contributed by atoms with E-state index in [0.29, 0.717) is 12.0 Å². The molecule has 16 heavy (non-hydrogen) atoms. The number of rotatable bonds is 0. The zero-order valence-electron chi connectivity index (χ0n) is 8.16. The van der Waals surface area contributed by atoms with Crippen molar-refractivity contribution < 1.29 is 22.0 Å². The third kappa shape index (κ3) is 1.30. The van der Waals surface area contributed by atoms with Gasteiger partial charge in [0.2, 0.25) is 0 Å². The van der Waals surface area contributed by atoms with Gasteiger partial charge in [-0.2, -0.15) is 12.6 Å². The molecule has 1 fully saturated rings. The molecule has 1 aromatic carbocycles. The van der Waals surface area contributed by atoms with Crippen LogP contribution in [0.2, 0.25) is 0 Å². The zero-order chi connectivity index (χ0) is 11.4. The first kappa shape index (κ1) is 10.2. The molecule has 0 bridgehead atoms. The maximum atomic E-state index is 11.2. The fourth-order valence-corrected chi connectivity index (χ4v) is 2.89. The molecule has 1 unspecified atom stereocenters. The molecule has 6 nitrogen and oxygen atoms in total. The first-order valence-electron chi connectivity index (χ1n) is 4.75. The number of hydroxylamine groups is 2. The largest absolute Gasteiger partial charge is 0.420 e. The summed E-state index contributed by atoms with van der Waals surface area (Å²) in [6, 6.07) is 6.96. The van der Waals surface area contributed by atoms with Crippen LogP contribution in [0.5, 0.6) is 0 Å². The third-order valence-electron chi connectivity index (χ3n) is 2.69. The van der Waals surface area contributed by atoms with E-state index < -0.39 is 16.3 Å². The Hall–Kier alpha value is -0.990. The number of benzene rings is 1. The minimum absolute atomic E-state index is 0.257. The van der Waals surface area contributed by atoms with Crippen LogP contribution in [0.25, 0.3) is 0 Å². The Bertz CT molecular complexity index is 543. The maximum Gasteiger partial charge on any atom is 0.420 e. The van der Waals surface area contributed by atoms with Gasteiger partial charge in [0, 0.05) is 12.1 Å². The van der Waals surface area contributed by atoms with Crippen molar-refractivity contribution in [1.82, 2.24) is 5.06 Å². The van der Waals surface area contributed by atoms with Gasteiger partial charge < -0.3 is 5.11 Å². The standard InChI is InChI=1S/C9H9NO5S/c11-9-8-4-2-1-3-7(8)5-6-10(9)15-16(12,13)14-9/h1-4,11H,5-6H2. The fraction of sp³-hybridized carbons (Fsp3) is 0.333. The van der Waals surface area contributed by atoms with Crippen molar-refractivity contribution >= 4 is 10.4 Å². The highest BCUT2D eigenvalue weighted by atomic mass is 32.3. The smallest absolute Gasteiger partial charge is 0.347 e. The molecule has 1 saturated heterocycles. The second kappa shape index (κ2) is 3.02. The Morgan fingerprint density at radius 1 is 1.38 bits per heavy atom. The van der Waals surface area contributed by atoms with E-state index in [9.17, 15) is 13.5 Å². The van der Waals surface area contributed by atoms with Crippen molar-refractivity contribution in [3.8, 4) is 0 Å². The van der Waals surface area contributed by atoms with Crippen LogP contribution in [-0.2, 0) is 31.2 Å². The predicted octanol–water partition coefficient (Wildman–Crippen LogP) is -0.146. The first-order chi connectivity index (χ1) is 7.51. The van der Waals surface area contributed by atoms with Gasteiger partial charge in [-0.25, -0.2) is 0 Å². The summed E-state index contributed by atoms with van der Waals surface area (Å²) < 4.78 is 31.5. The van der Waals surface area contributed by atoms with Crippen molar-refractivity contribution in [2.24, 2.45) is 0 Å². The first-order valence-corrected chi connectivity index (χ1v) is 6.08. The Balaban J connectivity index is 2.18. The van der Waals surface area contributed by atoms with Crippen LogP contribution in [0.1, 0.15) is 11.1 Å². The highest BCUT2D eigenvalue weighted by Crippen LogP contribution is 2.41. The lowest BCUT2D eigenvalue weighted by Crippen LogP contribution is -2.46. The molecule has 1 atom stereocenters. The minimum Gasteiger partial charge on any atom is -0.347 e. The summed E-state index contributed by atoms with van der Waals surface area (Å²) in [6.45, 7) is 0.257. The Kier molecular flexibility index (Phi) is 1.92. The molecular weight excluding hydrogens is 234 g/mol. The molecule has 2 aliphatic heterocycles. The molecule has 2 heterocycles. The van der Waals surface area contributed by atoms with E-state index in [4.69, 9.17) is 0 Å². The lowest BCUT2D eigenvalue weighted by atomic mass is 9.98. The molecule has 1 N–H and O–H groups in total. The summed E-state index contributed by atoms with van der Waals surface area (Å²) in [4.78, 5) is 0. The van der Waals surface area contributed by atoms with Gasteiger partial charge in [-0.05, 0) is 12.0 Å². The van der Waals surface area contributed by atoms with Crippen LogP contribution in [0.15, 0.2) is 24.3 Å². The monoisotopic (exact) mass is 243 g/mol. The van der Waals surface area contributed by atoms with Crippen LogP contribution < -0.4 is 0 Å². The molecule has 0 amide bonds. The van der Waals surface area contributed by atoms with Gasteiger partial charge in [0.05, 0.1) is 0 Å². The van der Waals surface area contributed by atoms with E-state index in [1.54, 1.807) is 12.1 Å². The SMILES string of the molecule is O=S1(=O)ON2CCc3ccccc3C2(O)O1. The molecule has 0 radical (unpaired) electrons. The molecule has 1 aromatic rings. The molecule has 2 aliphatic rings. The minimum atomic E-state index is -4.15. The molecule has 0 spiro atoms. The molecular formula is C9H9NO5S.